The smallest absolute Gasteiger partial charge is 0.243 e. The molecule has 1 aliphatic carbocycles. The van der Waals surface area contributed by atoms with Crippen LogP contribution in [0.15, 0.2) is 24.3 Å². The van der Waals surface area contributed by atoms with Gasteiger partial charge in [-0.1, -0.05) is 37.8 Å². The average molecular weight is 572 g/mol. The van der Waals surface area contributed by atoms with Crippen LogP contribution in [-0.4, -0.2) is 74.2 Å². The SMILES string of the molecule is COc1ccc(C[C@H](NC(=O)[C@@H](C)NC(=O)[C@H]2CCCOC2)C(=O)N[C@@H](CCC2CCCC2)C(=O)[C@@]2(C)CO2)cc1. The van der Waals surface area contributed by atoms with Crippen LogP contribution in [0.3, 0.4) is 0 Å². The number of ether oxygens (including phenoxy) is 3. The highest BCUT2D eigenvalue weighted by Crippen LogP contribution is 2.32. The van der Waals surface area contributed by atoms with Gasteiger partial charge in [-0.2, -0.15) is 0 Å². The van der Waals surface area contributed by atoms with Crippen LogP contribution in [0.2, 0.25) is 0 Å². The molecule has 226 valence electrons. The Morgan fingerprint density at radius 3 is 2.27 bits per heavy atom. The summed E-state index contributed by atoms with van der Waals surface area (Å²) in [5.74, 6) is -0.346. The molecule has 2 heterocycles. The standard InChI is InChI=1S/C31H45N3O7/c1-20(32-29(37)23-9-6-16-40-18-23)28(36)34-26(17-22-10-13-24(39-3)14-11-22)30(38)33-25(27(35)31(2)19-41-31)15-12-21-7-4-5-8-21/h10-11,13-14,20-21,23,25-26H,4-9,12,15-19H2,1-3H3,(H,32,37)(H,33,38)(H,34,36)/t20-,23+,25+,26+,31-/m1/s1. The second-order valence-corrected chi connectivity index (χ2v) is 11.9. The van der Waals surface area contributed by atoms with Gasteiger partial charge in [0.1, 0.15) is 23.4 Å². The maximum atomic E-state index is 13.7. The molecule has 1 aromatic rings. The van der Waals surface area contributed by atoms with E-state index in [2.05, 4.69) is 16.0 Å². The van der Waals surface area contributed by atoms with Crippen LogP contribution in [-0.2, 0) is 35.1 Å². The van der Waals surface area contributed by atoms with Crippen molar-refractivity contribution in [1.82, 2.24) is 16.0 Å². The number of carbonyl (C=O) groups excluding carboxylic acids is 4. The number of nitrogens with one attached hydrogen (secondary N) is 3. The molecule has 2 saturated heterocycles. The van der Waals surface area contributed by atoms with Gasteiger partial charge >= 0.3 is 0 Å². The van der Waals surface area contributed by atoms with Gasteiger partial charge in [0.15, 0.2) is 5.78 Å². The number of benzene rings is 1. The van der Waals surface area contributed by atoms with Gasteiger partial charge in [-0.05, 0) is 63.1 Å². The fourth-order valence-electron chi connectivity index (χ4n) is 5.71. The molecule has 0 spiro atoms. The fourth-order valence-corrected chi connectivity index (χ4v) is 5.71. The maximum Gasteiger partial charge on any atom is 0.243 e. The molecule has 0 aromatic heterocycles. The van der Waals surface area contributed by atoms with E-state index in [9.17, 15) is 19.2 Å². The molecular formula is C31H45N3O7. The number of hydrogen-bond acceptors (Lipinski definition) is 7. The number of methoxy groups -OCH3 is 1. The number of hydrogen-bond donors (Lipinski definition) is 3. The maximum absolute atomic E-state index is 13.7. The number of rotatable bonds is 14. The number of ketones is 1. The van der Waals surface area contributed by atoms with Crippen LogP contribution in [0.25, 0.3) is 0 Å². The van der Waals surface area contributed by atoms with Crippen LogP contribution < -0.4 is 20.7 Å². The first-order valence-electron chi connectivity index (χ1n) is 15.0. The van der Waals surface area contributed by atoms with Gasteiger partial charge in [0.2, 0.25) is 17.7 Å². The van der Waals surface area contributed by atoms with Gasteiger partial charge in [0.25, 0.3) is 0 Å². The summed E-state index contributed by atoms with van der Waals surface area (Å²) >= 11 is 0. The van der Waals surface area contributed by atoms with E-state index < -0.39 is 35.5 Å². The molecule has 1 aromatic carbocycles. The van der Waals surface area contributed by atoms with Gasteiger partial charge in [-0.25, -0.2) is 0 Å². The Bertz CT molecular complexity index is 1060. The molecule has 3 fully saturated rings. The van der Waals surface area contributed by atoms with Crippen LogP contribution in [0.5, 0.6) is 5.75 Å². The van der Waals surface area contributed by atoms with Gasteiger partial charge in [0, 0.05) is 13.0 Å². The highest BCUT2D eigenvalue weighted by Gasteiger charge is 2.50. The summed E-state index contributed by atoms with van der Waals surface area (Å²) in [6.07, 6.45) is 7.81. The van der Waals surface area contributed by atoms with Crippen molar-refractivity contribution in [3.8, 4) is 5.75 Å². The van der Waals surface area contributed by atoms with Crippen LogP contribution >= 0.6 is 0 Å². The lowest BCUT2D eigenvalue weighted by Gasteiger charge is -2.26. The van der Waals surface area contributed by atoms with Crippen molar-refractivity contribution in [3.63, 3.8) is 0 Å². The van der Waals surface area contributed by atoms with Crippen molar-refractivity contribution in [2.75, 3.05) is 26.9 Å². The van der Waals surface area contributed by atoms with Gasteiger partial charge in [-0.3, -0.25) is 19.2 Å². The summed E-state index contributed by atoms with van der Waals surface area (Å²) in [5.41, 5.74) is -0.0575. The Labute approximate surface area is 242 Å². The van der Waals surface area contributed by atoms with Crippen molar-refractivity contribution in [1.29, 1.82) is 0 Å². The van der Waals surface area contributed by atoms with E-state index >= 15 is 0 Å². The molecule has 41 heavy (non-hydrogen) atoms. The Kier molecular flexibility index (Phi) is 10.8. The van der Waals surface area contributed by atoms with Gasteiger partial charge in [0.05, 0.1) is 32.3 Å². The molecule has 4 rings (SSSR count). The largest absolute Gasteiger partial charge is 0.497 e. The number of carbonyl (C=O) groups is 4. The molecule has 0 unspecified atom stereocenters. The first-order valence-corrected chi connectivity index (χ1v) is 15.0. The fraction of sp³-hybridized carbons (Fsp3) is 0.677. The molecule has 2 aliphatic heterocycles. The van der Waals surface area contributed by atoms with E-state index in [1.54, 1.807) is 33.1 Å². The molecule has 3 aliphatic rings. The molecule has 10 heteroatoms. The normalized spacial score (nSPS) is 24.5. The molecule has 3 N–H and O–H groups in total. The molecule has 10 nitrogen and oxygen atoms in total. The van der Waals surface area contributed by atoms with Gasteiger partial charge < -0.3 is 30.2 Å². The molecule has 0 radical (unpaired) electrons. The Morgan fingerprint density at radius 2 is 1.66 bits per heavy atom. The summed E-state index contributed by atoms with van der Waals surface area (Å²) in [6, 6.07) is 4.75. The van der Waals surface area contributed by atoms with Crippen molar-refractivity contribution >= 4 is 23.5 Å². The highest BCUT2D eigenvalue weighted by atomic mass is 16.6. The summed E-state index contributed by atoms with van der Waals surface area (Å²) in [4.78, 5) is 52.9. The molecule has 5 atom stereocenters. The van der Waals surface area contributed by atoms with E-state index in [0.29, 0.717) is 44.3 Å². The van der Waals surface area contributed by atoms with E-state index in [-0.39, 0.29) is 24.0 Å². The number of Topliss-reactive ketones (excluding diaryl/α,β-unsaturated/α-hetero) is 1. The topological polar surface area (TPSA) is 135 Å². The van der Waals surface area contributed by atoms with Crippen molar-refractivity contribution < 1.29 is 33.4 Å². The zero-order chi connectivity index (χ0) is 29.4. The van der Waals surface area contributed by atoms with E-state index in [1.165, 1.54) is 12.8 Å². The Balaban J connectivity index is 1.44. The average Bonchev–Trinajstić information content (AvgIpc) is 3.52. The highest BCUT2D eigenvalue weighted by molar-refractivity contribution is 5.98. The lowest BCUT2D eigenvalue weighted by atomic mass is 9.92. The first-order chi connectivity index (χ1) is 19.7. The van der Waals surface area contributed by atoms with Crippen molar-refractivity contribution in [2.45, 2.75) is 95.4 Å². The van der Waals surface area contributed by atoms with Gasteiger partial charge in [-0.15, -0.1) is 0 Å². The summed E-state index contributed by atoms with van der Waals surface area (Å²) < 4.78 is 16.1. The number of amides is 3. The Hall–Kier alpha value is -2.98. The molecule has 3 amide bonds. The van der Waals surface area contributed by atoms with E-state index in [0.717, 1.165) is 31.2 Å². The second kappa shape index (κ2) is 14.3. The summed E-state index contributed by atoms with van der Waals surface area (Å²) in [6.45, 7) is 4.66. The lowest BCUT2D eigenvalue weighted by molar-refractivity contribution is -0.135. The predicted molar refractivity (Wildman–Crippen MR) is 152 cm³/mol. The molecule has 1 saturated carbocycles. The second-order valence-electron chi connectivity index (χ2n) is 11.9. The summed E-state index contributed by atoms with van der Waals surface area (Å²) in [7, 11) is 1.58. The zero-order valence-corrected chi connectivity index (χ0v) is 24.5. The third kappa shape index (κ3) is 8.75. The van der Waals surface area contributed by atoms with Crippen LogP contribution in [0.1, 0.15) is 70.8 Å². The Morgan fingerprint density at radius 1 is 0.976 bits per heavy atom. The van der Waals surface area contributed by atoms with E-state index in [1.807, 2.05) is 12.1 Å². The van der Waals surface area contributed by atoms with Crippen molar-refractivity contribution in [2.24, 2.45) is 11.8 Å². The molecule has 0 bridgehead atoms. The first kappa shape index (κ1) is 31.0. The lowest BCUT2D eigenvalue weighted by Crippen LogP contribution is -2.57. The number of epoxide rings is 1. The minimum Gasteiger partial charge on any atom is -0.497 e. The predicted octanol–water partition coefficient (Wildman–Crippen LogP) is 2.47. The van der Waals surface area contributed by atoms with Crippen LogP contribution in [0.4, 0.5) is 0 Å². The minimum absolute atomic E-state index is 0.131. The third-order valence-electron chi connectivity index (χ3n) is 8.58. The van der Waals surface area contributed by atoms with Crippen LogP contribution in [0, 0.1) is 11.8 Å². The minimum atomic E-state index is -0.956. The van der Waals surface area contributed by atoms with Crippen molar-refractivity contribution in [3.05, 3.63) is 29.8 Å². The third-order valence-corrected chi connectivity index (χ3v) is 8.58. The quantitative estimate of drug-likeness (QED) is 0.292. The zero-order valence-electron chi connectivity index (χ0n) is 24.5. The molecular weight excluding hydrogens is 526 g/mol. The summed E-state index contributed by atoms with van der Waals surface area (Å²) in [5, 5.41) is 8.54. The van der Waals surface area contributed by atoms with E-state index in [4.69, 9.17) is 14.2 Å². The monoisotopic (exact) mass is 571 g/mol.